The van der Waals surface area contributed by atoms with Crippen LogP contribution in [-0.4, -0.2) is 24.4 Å². The van der Waals surface area contributed by atoms with Gasteiger partial charge in [0.25, 0.3) is 0 Å². The molecule has 0 amide bonds. The van der Waals surface area contributed by atoms with Crippen LogP contribution in [0.4, 0.5) is 0 Å². The van der Waals surface area contributed by atoms with Crippen molar-refractivity contribution in [1.29, 1.82) is 0 Å². The lowest BCUT2D eigenvalue weighted by molar-refractivity contribution is 0.883. The van der Waals surface area contributed by atoms with Crippen LogP contribution in [0, 0.1) is 3.70 Å². The highest BCUT2D eigenvalue weighted by atomic mass is 127. The fraction of sp³-hybridized carbons (Fsp3) is 0. The molecule has 0 radical (unpaired) electrons. The first kappa shape index (κ1) is 12.5. The Morgan fingerprint density at radius 1 is 0.905 bits per heavy atom. The molecule has 21 heavy (non-hydrogen) atoms. The SMILES string of the molecule is Ic1ccn2ncc(-n3cc(-c4ccccc4)cn3)c2n1. The van der Waals surface area contributed by atoms with Crippen molar-refractivity contribution in [3.63, 3.8) is 0 Å². The van der Waals surface area contributed by atoms with E-state index in [-0.39, 0.29) is 0 Å². The Labute approximate surface area is 134 Å². The minimum atomic E-state index is 0.796. The molecule has 0 aliphatic rings. The first-order valence-electron chi connectivity index (χ1n) is 6.41. The first-order valence-corrected chi connectivity index (χ1v) is 7.49. The van der Waals surface area contributed by atoms with Crippen LogP contribution >= 0.6 is 22.6 Å². The van der Waals surface area contributed by atoms with Crippen LogP contribution in [0.5, 0.6) is 0 Å². The van der Waals surface area contributed by atoms with Crippen molar-refractivity contribution < 1.29 is 0 Å². The number of aromatic nitrogens is 5. The first-order chi connectivity index (χ1) is 10.3. The van der Waals surface area contributed by atoms with Crippen molar-refractivity contribution >= 4 is 28.2 Å². The molecule has 0 fully saturated rings. The lowest BCUT2D eigenvalue weighted by atomic mass is 10.1. The third kappa shape index (κ3) is 2.21. The number of nitrogens with zero attached hydrogens (tertiary/aromatic N) is 5. The van der Waals surface area contributed by atoms with Gasteiger partial charge < -0.3 is 0 Å². The van der Waals surface area contributed by atoms with Crippen LogP contribution in [0.2, 0.25) is 0 Å². The summed E-state index contributed by atoms with van der Waals surface area (Å²) in [6, 6.07) is 12.1. The minimum absolute atomic E-state index is 0.796. The average molecular weight is 387 g/mol. The summed E-state index contributed by atoms with van der Waals surface area (Å²) in [5, 5.41) is 8.74. The van der Waals surface area contributed by atoms with Gasteiger partial charge in [-0.15, -0.1) is 0 Å². The lowest BCUT2D eigenvalue weighted by Crippen LogP contribution is -1.96. The van der Waals surface area contributed by atoms with Gasteiger partial charge in [0.2, 0.25) is 0 Å². The molecule has 0 aliphatic heterocycles. The molecule has 6 heteroatoms. The molecule has 0 saturated carbocycles. The van der Waals surface area contributed by atoms with Crippen LogP contribution in [0.3, 0.4) is 0 Å². The Hall–Kier alpha value is -2.22. The predicted octanol–water partition coefficient (Wildman–Crippen LogP) is 3.19. The van der Waals surface area contributed by atoms with Crippen LogP contribution in [-0.2, 0) is 0 Å². The maximum atomic E-state index is 4.52. The second-order valence-corrected chi connectivity index (χ2v) is 5.69. The monoisotopic (exact) mass is 387 g/mol. The van der Waals surface area contributed by atoms with E-state index in [9.17, 15) is 0 Å². The maximum Gasteiger partial charge on any atom is 0.182 e. The molecule has 0 unspecified atom stereocenters. The molecule has 3 aromatic heterocycles. The Bertz CT molecular complexity index is 910. The molecule has 0 saturated heterocycles. The van der Waals surface area contributed by atoms with Crippen molar-refractivity contribution in [2.45, 2.75) is 0 Å². The van der Waals surface area contributed by atoms with Gasteiger partial charge in [-0.2, -0.15) is 10.2 Å². The number of fused-ring (bicyclic) bond motifs is 1. The molecule has 5 nitrogen and oxygen atoms in total. The highest BCUT2D eigenvalue weighted by Crippen LogP contribution is 2.21. The summed E-state index contributed by atoms with van der Waals surface area (Å²) in [5.74, 6) is 0. The highest BCUT2D eigenvalue weighted by molar-refractivity contribution is 14.1. The van der Waals surface area contributed by atoms with E-state index >= 15 is 0 Å². The molecular formula is C15H10IN5. The number of hydrogen-bond acceptors (Lipinski definition) is 3. The van der Waals surface area contributed by atoms with Crippen LogP contribution in [0.25, 0.3) is 22.5 Å². The zero-order valence-electron chi connectivity index (χ0n) is 10.9. The van der Waals surface area contributed by atoms with Crippen molar-refractivity contribution in [2.75, 3.05) is 0 Å². The zero-order valence-corrected chi connectivity index (χ0v) is 13.0. The standard InChI is InChI=1S/C15H10IN5/c16-14-6-7-20-15(19-14)13(9-18-20)21-10-12(8-17-21)11-4-2-1-3-5-11/h1-10H. The fourth-order valence-electron chi connectivity index (χ4n) is 2.23. The molecule has 4 aromatic rings. The second kappa shape index (κ2) is 4.96. The Balaban J connectivity index is 1.83. The van der Waals surface area contributed by atoms with Crippen LogP contribution in [0.15, 0.2) is 61.2 Å². The van der Waals surface area contributed by atoms with Crippen molar-refractivity contribution in [2.24, 2.45) is 0 Å². The van der Waals surface area contributed by atoms with Gasteiger partial charge in [-0.1, -0.05) is 30.3 Å². The normalized spacial score (nSPS) is 11.1. The van der Waals surface area contributed by atoms with Gasteiger partial charge >= 0.3 is 0 Å². The Morgan fingerprint density at radius 3 is 2.62 bits per heavy atom. The second-order valence-electron chi connectivity index (χ2n) is 4.59. The summed E-state index contributed by atoms with van der Waals surface area (Å²) >= 11 is 2.19. The van der Waals surface area contributed by atoms with Gasteiger partial charge in [0.15, 0.2) is 5.65 Å². The average Bonchev–Trinajstić information content (AvgIpc) is 3.14. The smallest absolute Gasteiger partial charge is 0.182 e. The third-order valence-corrected chi connectivity index (χ3v) is 3.85. The van der Waals surface area contributed by atoms with E-state index in [1.807, 2.05) is 47.5 Å². The zero-order chi connectivity index (χ0) is 14.2. The van der Waals surface area contributed by atoms with Crippen molar-refractivity contribution in [1.82, 2.24) is 24.4 Å². The Kier molecular flexibility index (Phi) is 2.95. The molecular weight excluding hydrogens is 377 g/mol. The molecule has 102 valence electrons. The molecule has 0 atom stereocenters. The van der Waals surface area contributed by atoms with Crippen molar-refractivity contribution in [3.8, 4) is 16.8 Å². The quantitative estimate of drug-likeness (QED) is 0.392. The molecule has 4 rings (SSSR count). The maximum absolute atomic E-state index is 4.52. The fourth-order valence-corrected chi connectivity index (χ4v) is 2.62. The molecule has 3 heterocycles. The summed E-state index contributed by atoms with van der Waals surface area (Å²) < 4.78 is 4.49. The number of rotatable bonds is 2. The van der Waals surface area contributed by atoms with Crippen molar-refractivity contribution in [3.05, 3.63) is 64.9 Å². The molecule has 0 spiro atoms. The molecule has 0 aliphatic carbocycles. The van der Waals surface area contributed by atoms with E-state index < -0.39 is 0 Å². The van der Waals surface area contributed by atoms with Gasteiger partial charge in [-0.3, -0.25) is 0 Å². The summed E-state index contributed by atoms with van der Waals surface area (Å²) in [6.45, 7) is 0. The van der Waals surface area contributed by atoms with Gasteiger partial charge in [0.05, 0.1) is 12.4 Å². The summed E-state index contributed by atoms with van der Waals surface area (Å²) in [4.78, 5) is 4.52. The van der Waals surface area contributed by atoms with E-state index in [4.69, 9.17) is 0 Å². The summed E-state index contributed by atoms with van der Waals surface area (Å²) in [5.41, 5.74) is 3.88. The van der Waals surface area contributed by atoms with E-state index in [2.05, 4.69) is 49.9 Å². The third-order valence-electron chi connectivity index (χ3n) is 3.25. The van der Waals surface area contributed by atoms with E-state index in [0.717, 1.165) is 26.2 Å². The predicted molar refractivity (Wildman–Crippen MR) is 88.3 cm³/mol. The van der Waals surface area contributed by atoms with Gasteiger partial charge in [0.1, 0.15) is 9.39 Å². The van der Waals surface area contributed by atoms with E-state index in [0.29, 0.717) is 0 Å². The van der Waals surface area contributed by atoms with Gasteiger partial charge in [-0.25, -0.2) is 14.2 Å². The van der Waals surface area contributed by atoms with Gasteiger partial charge in [-0.05, 0) is 34.2 Å². The summed E-state index contributed by atoms with van der Waals surface area (Å²) in [7, 11) is 0. The molecule has 1 aromatic carbocycles. The minimum Gasteiger partial charge on any atom is -0.235 e. The molecule has 0 bridgehead atoms. The topological polar surface area (TPSA) is 48.0 Å². The highest BCUT2D eigenvalue weighted by Gasteiger charge is 2.10. The van der Waals surface area contributed by atoms with Crippen LogP contribution in [0.1, 0.15) is 0 Å². The summed E-state index contributed by atoms with van der Waals surface area (Å²) in [6.07, 6.45) is 7.52. The number of hydrogen-bond donors (Lipinski definition) is 0. The molecule has 0 N–H and O–H groups in total. The van der Waals surface area contributed by atoms with Gasteiger partial charge in [0, 0.05) is 18.0 Å². The van der Waals surface area contributed by atoms with E-state index in [1.54, 1.807) is 10.7 Å². The van der Waals surface area contributed by atoms with Crippen LogP contribution < -0.4 is 0 Å². The number of halogens is 1. The lowest BCUT2D eigenvalue weighted by Gasteiger charge is -1.99. The van der Waals surface area contributed by atoms with E-state index in [1.165, 1.54) is 0 Å². The Morgan fingerprint density at radius 2 is 1.76 bits per heavy atom. The number of benzene rings is 1. The largest absolute Gasteiger partial charge is 0.235 e.